The Bertz CT molecular complexity index is 665. The van der Waals surface area contributed by atoms with E-state index in [1.807, 2.05) is 13.8 Å². The van der Waals surface area contributed by atoms with Gasteiger partial charge in [0.2, 0.25) is 11.8 Å². The van der Waals surface area contributed by atoms with Crippen molar-refractivity contribution in [3.05, 3.63) is 0 Å². The number of aliphatic carboxylic acids is 1. The second kappa shape index (κ2) is 23.8. The number of guanidine groups is 1. The minimum Gasteiger partial charge on any atom is -0.480 e. The van der Waals surface area contributed by atoms with E-state index in [1.165, 1.54) is 77.0 Å². The molecule has 0 unspecified atom stereocenters. The molecule has 38 heavy (non-hydrogen) atoms. The minimum atomic E-state index is -1.13. The van der Waals surface area contributed by atoms with Gasteiger partial charge in [0.25, 0.3) is 0 Å². The number of carboxylic acids is 1. The first kappa shape index (κ1) is 35.7. The Balaban J connectivity index is 4.05. The van der Waals surface area contributed by atoms with Gasteiger partial charge in [-0.15, -0.1) is 0 Å². The highest BCUT2D eigenvalue weighted by atomic mass is 16.4. The second-order valence-electron chi connectivity index (χ2n) is 10.8. The smallest absolute Gasteiger partial charge is 0.326 e. The molecule has 9 nitrogen and oxygen atoms in total. The number of nitrogens with two attached hydrogens (primary N) is 2. The Hall–Kier alpha value is -2.32. The highest BCUT2D eigenvalue weighted by molar-refractivity contribution is 5.90. The van der Waals surface area contributed by atoms with E-state index >= 15 is 0 Å². The monoisotopic (exact) mass is 539 g/mol. The summed E-state index contributed by atoms with van der Waals surface area (Å²) < 4.78 is 0. The molecule has 0 rings (SSSR count). The molecule has 2 atom stereocenters. The van der Waals surface area contributed by atoms with E-state index in [2.05, 4.69) is 22.5 Å². The van der Waals surface area contributed by atoms with Crippen molar-refractivity contribution in [1.82, 2.24) is 10.6 Å². The van der Waals surface area contributed by atoms with Gasteiger partial charge in [-0.3, -0.25) is 14.6 Å². The van der Waals surface area contributed by atoms with Gasteiger partial charge in [-0.25, -0.2) is 4.79 Å². The van der Waals surface area contributed by atoms with Crippen molar-refractivity contribution in [3.63, 3.8) is 0 Å². The molecule has 0 bridgehead atoms. The van der Waals surface area contributed by atoms with Gasteiger partial charge < -0.3 is 27.2 Å². The fourth-order valence-electron chi connectivity index (χ4n) is 4.46. The number of carbonyl (C=O) groups is 3. The van der Waals surface area contributed by atoms with Crippen LogP contribution in [0.4, 0.5) is 0 Å². The fourth-order valence-corrected chi connectivity index (χ4v) is 4.46. The third-order valence-corrected chi connectivity index (χ3v) is 6.83. The molecule has 0 saturated carbocycles. The maximum Gasteiger partial charge on any atom is 0.326 e. The Kier molecular flexibility index (Phi) is 22.3. The SMILES string of the molecule is CCCCCCCCCCCCCCCCCC(=O)N[C@H](C(=O)N[C@@H](CCCN=C(N)N)C(=O)O)C(C)C. The lowest BCUT2D eigenvalue weighted by atomic mass is 10.0. The predicted octanol–water partition coefficient (Wildman–Crippen LogP) is 5.01. The van der Waals surface area contributed by atoms with Crippen molar-refractivity contribution >= 4 is 23.7 Å². The van der Waals surface area contributed by atoms with Crippen molar-refractivity contribution in [2.24, 2.45) is 22.4 Å². The number of nitrogens with zero attached hydrogens (tertiary/aromatic N) is 1. The van der Waals surface area contributed by atoms with E-state index < -0.39 is 24.0 Å². The van der Waals surface area contributed by atoms with Gasteiger partial charge in [-0.2, -0.15) is 0 Å². The van der Waals surface area contributed by atoms with Gasteiger partial charge in [0.15, 0.2) is 5.96 Å². The minimum absolute atomic E-state index is 0.0578. The molecular formula is C29H57N5O4. The molecule has 0 aliphatic heterocycles. The van der Waals surface area contributed by atoms with E-state index in [-0.39, 0.29) is 30.8 Å². The van der Waals surface area contributed by atoms with E-state index in [0.717, 1.165) is 19.3 Å². The van der Waals surface area contributed by atoms with Crippen LogP contribution in [0.1, 0.15) is 136 Å². The summed E-state index contributed by atoms with van der Waals surface area (Å²) in [4.78, 5) is 40.6. The Morgan fingerprint density at radius 1 is 0.737 bits per heavy atom. The van der Waals surface area contributed by atoms with Crippen LogP contribution in [0.5, 0.6) is 0 Å². The van der Waals surface area contributed by atoms with Crippen molar-refractivity contribution in [3.8, 4) is 0 Å². The molecule has 0 heterocycles. The summed E-state index contributed by atoms with van der Waals surface area (Å²) >= 11 is 0. The average Bonchev–Trinajstić information content (AvgIpc) is 2.86. The normalized spacial score (nSPS) is 12.6. The molecular weight excluding hydrogens is 482 g/mol. The summed E-state index contributed by atoms with van der Waals surface area (Å²) in [5.74, 6) is -2.02. The second-order valence-corrected chi connectivity index (χ2v) is 10.8. The average molecular weight is 540 g/mol. The van der Waals surface area contributed by atoms with Crippen LogP contribution >= 0.6 is 0 Å². The van der Waals surface area contributed by atoms with Crippen molar-refractivity contribution in [1.29, 1.82) is 0 Å². The number of unbranched alkanes of at least 4 members (excludes halogenated alkanes) is 14. The molecule has 0 saturated heterocycles. The Labute approximate surface area is 231 Å². The van der Waals surface area contributed by atoms with Crippen molar-refractivity contribution in [2.45, 2.75) is 148 Å². The molecule has 0 aliphatic carbocycles. The number of hydrogen-bond acceptors (Lipinski definition) is 4. The van der Waals surface area contributed by atoms with Crippen LogP contribution in [0.25, 0.3) is 0 Å². The quantitative estimate of drug-likeness (QED) is 0.0622. The first-order valence-corrected chi connectivity index (χ1v) is 15.1. The topological polar surface area (TPSA) is 160 Å². The zero-order chi connectivity index (χ0) is 28.6. The molecule has 0 aliphatic rings. The van der Waals surface area contributed by atoms with Gasteiger partial charge in [-0.05, 0) is 25.2 Å². The third-order valence-electron chi connectivity index (χ3n) is 6.83. The highest BCUT2D eigenvalue weighted by Gasteiger charge is 2.28. The summed E-state index contributed by atoms with van der Waals surface area (Å²) in [5.41, 5.74) is 10.5. The van der Waals surface area contributed by atoms with Crippen molar-refractivity contribution in [2.75, 3.05) is 6.54 Å². The van der Waals surface area contributed by atoms with Gasteiger partial charge in [-0.1, -0.05) is 111 Å². The number of aliphatic imine (C=N–C) groups is 1. The van der Waals surface area contributed by atoms with Gasteiger partial charge in [0, 0.05) is 13.0 Å². The van der Waals surface area contributed by atoms with Gasteiger partial charge >= 0.3 is 5.97 Å². The lowest BCUT2D eigenvalue weighted by Crippen LogP contribution is -2.53. The molecule has 2 amide bonds. The highest BCUT2D eigenvalue weighted by Crippen LogP contribution is 2.14. The van der Waals surface area contributed by atoms with Crippen LogP contribution < -0.4 is 22.1 Å². The van der Waals surface area contributed by atoms with Crippen molar-refractivity contribution < 1.29 is 19.5 Å². The van der Waals surface area contributed by atoms with E-state index in [4.69, 9.17) is 11.5 Å². The van der Waals surface area contributed by atoms with Crippen LogP contribution in [0.3, 0.4) is 0 Å². The van der Waals surface area contributed by atoms with Crippen LogP contribution in [0, 0.1) is 5.92 Å². The van der Waals surface area contributed by atoms with Crippen LogP contribution in [0.15, 0.2) is 4.99 Å². The standard InChI is InChI=1S/C29H57N5O4/c1-4-5-6-7-8-9-10-11-12-13-14-15-16-17-18-21-25(35)34-26(23(2)3)27(36)33-24(28(37)38)20-19-22-32-29(30)31/h23-24,26H,4-22H2,1-3H3,(H,33,36)(H,34,35)(H,37,38)(H4,30,31,32)/t24-,26-/m0/s1. The molecule has 0 radical (unpaired) electrons. The number of nitrogens with one attached hydrogen (secondary N) is 2. The first-order chi connectivity index (χ1) is 18.2. The fraction of sp³-hybridized carbons (Fsp3) is 0.862. The molecule has 9 heteroatoms. The maximum atomic E-state index is 12.7. The number of amides is 2. The predicted molar refractivity (Wildman–Crippen MR) is 156 cm³/mol. The zero-order valence-electron chi connectivity index (χ0n) is 24.4. The summed E-state index contributed by atoms with van der Waals surface area (Å²) in [6.45, 7) is 6.19. The molecule has 0 aromatic rings. The van der Waals surface area contributed by atoms with E-state index in [9.17, 15) is 19.5 Å². The summed E-state index contributed by atoms with van der Waals surface area (Å²) in [6, 6.07) is -1.84. The molecule has 0 spiro atoms. The number of rotatable bonds is 25. The lowest BCUT2D eigenvalue weighted by Gasteiger charge is -2.24. The zero-order valence-corrected chi connectivity index (χ0v) is 24.4. The maximum absolute atomic E-state index is 12.7. The molecule has 0 fully saturated rings. The summed E-state index contributed by atoms with van der Waals surface area (Å²) in [7, 11) is 0. The molecule has 0 aromatic carbocycles. The Morgan fingerprint density at radius 2 is 1.21 bits per heavy atom. The third kappa shape index (κ3) is 20.7. The molecule has 222 valence electrons. The van der Waals surface area contributed by atoms with E-state index in [1.54, 1.807) is 0 Å². The van der Waals surface area contributed by atoms with E-state index in [0.29, 0.717) is 12.8 Å². The Morgan fingerprint density at radius 3 is 1.63 bits per heavy atom. The molecule has 7 N–H and O–H groups in total. The molecule has 0 aromatic heterocycles. The van der Waals surface area contributed by atoms with Gasteiger partial charge in [0.1, 0.15) is 12.1 Å². The first-order valence-electron chi connectivity index (χ1n) is 15.1. The van der Waals surface area contributed by atoms with Crippen LogP contribution in [-0.2, 0) is 14.4 Å². The summed E-state index contributed by atoms with van der Waals surface area (Å²) in [5, 5.41) is 14.8. The van der Waals surface area contributed by atoms with Crippen LogP contribution in [-0.4, -0.2) is 47.5 Å². The number of hydrogen-bond donors (Lipinski definition) is 5. The van der Waals surface area contributed by atoms with Gasteiger partial charge in [0.05, 0.1) is 0 Å². The summed E-state index contributed by atoms with van der Waals surface area (Å²) in [6.07, 6.45) is 19.9. The largest absolute Gasteiger partial charge is 0.480 e. The number of carbonyl (C=O) groups excluding carboxylic acids is 2. The number of carboxylic acid groups (broad SMARTS) is 1. The van der Waals surface area contributed by atoms with Crippen LogP contribution in [0.2, 0.25) is 0 Å². The lowest BCUT2D eigenvalue weighted by molar-refractivity contribution is -0.142.